The summed E-state index contributed by atoms with van der Waals surface area (Å²) in [5, 5.41) is 6.17. The maximum atomic E-state index is 6.24. The maximum absolute atomic E-state index is 6.24. The van der Waals surface area contributed by atoms with E-state index in [-0.39, 0.29) is 0 Å². The number of fused-ring (bicyclic) bond motifs is 3. The average Bonchev–Trinajstić information content (AvgIpc) is 3.68. The Morgan fingerprint density at radius 3 is 1.46 bits per heavy atom. The predicted octanol–water partition coefficient (Wildman–Crippen LogP) is 11.6. The molecule has 0 aliphatic rings. The molecule has 4 heteroatoms. The summed E-state index contributed by atoms with van der Waals surface area (Å²) < 4.78 is 1.15. The van der Waals surface area contributed by atoms with Crippen LogP contribution >= 0.6 is 28.6 Å². The Kier molecular flexibility index (Phi) is 10.6. The Balaban J connectivity index is 0.000000125. The number of halogens is 3. The summed E-state index contributed by atoms with van der Waals surface area (Å²) in [4.78, 5) is 0. The molecule has 0 nitrogen and oxygen atoms in total. The van der Waals surface area contributed by atoms with Crippen LogP contribution < -0.4 is 0 Å². The second kappa shape index (κ2) is 14.7. The molecular weight excluding hydrogens is 642 g/mol. The van der Waals surface area contributed by atoms with Crippen LogP contribution in [0.1, 0.15) is 11.1 Å². The Morgan fingerprint density at radius 1 is 0.512 bits per heavy atom. The molecular formula is C37H27Cl3Zr-2. The van der Waals surface area contributed by atoms with Crippen molar-refractivity contribution in [3.8, 4) is 11.1 Å². The Bertz CT molecular complexity index is 1740. The van der Waals surface area contributed by atoms with Gasteiger partial charge in [-0.25, -0.2) is 0 Å². The molecule has 0 bridgehead atoms. The molecule has 0 aliphatic heterocycles. The van der Waals surface area contributed by atoms with Gasteiger partial charge in [0.25, 0.3) is 0 Å². The van der Waals surface area contributed by atoms with Gasteiger partial charge in [-0.1, -0.05) is 72.3 Å². The number of hydrogen-bond donors (Lipinski definition) is 0. The van der Waals surface area contributed by atoms with Gasteiger partial charge < -0.3 is 0 Å². The third kappa shape index (κ3) is 7.82. The minimum absolute atomic E-state index is 0.783. The second-order valence-corrected chi connectivity index (χ2v) is 17.9. The molecule has 0 spiro atoms. The minimum atomic E-state index is -2.44. The van der Waals surface area contributed by atoms with E-state index in [0.29, 0.717) is 0 Å². The fourth-order valence-corrected chi connectivity index (χ4v) is 9.31. The van der Waals surface area contributed by atoms with Crippen LogP contribution in [0.25, 0.3) is 32.7 Å². The first-order chi connectivity index (χ1) is 20.1. The van der Waals surface area contributed by atoms with Crippen LogP contribution in [0.4, 0.5) is 0 Å². The van der Waals surface area contributed by atoms with Crippen molar-refractivity contribution in [1.82, 2.24) is 0 Å². The molecule has 202 valence electrons. The molecule has 0 N–H and O–H groups in total. The molecule has 0 saturated carbocycles. The summed E-state index contributed by atoms with van der Waals surface area (Å²) in [6.45, 7) is 0. The van der Waals surface area contributed by atoms with Gasteiger partial charge in [0.05, 0.1) is 0 Å². The van der Waals surface area contributed by atoms with Crippen molar-refractivity contribution in [2.45, 2.75) is 0 Å². The molecule has 7 aromatic rings. The summed E-state index contributed by atoms with van der Waals surface area (Å²) in [7, 11) is 12.5. The van der Waals surface area contributed by atoms with Crippen molar-refractivity contribution < 1.29 is 18.9 Å². The molecule has 0 fully saturated rings. The molecule has 0 atom stereocenters. The molecule has 7 aromatic carbocycles. The van der Waals surface area contributed by atoms with Gasteiger partial charge in [-0.2, -0.15) is 23.8 Å². The molecule has 0 aromatic heterocycles. The molecule has 0 radical (unpaired) electrons. The van der Waals surface area contributed by atoms with Gasteiger partial charge in [0.1, 0.15) is 0 Å². The van der Waals surface area contributed by atoms with E-state index in [2.05, 4.69) is 91.0 Å². The van der Waals surface area contributed by atoms with Gasteiger partial charge in [-0.3, -0.25) is 0 Å². The number of hydrogen-bond acceptors (Lipinski definition) is 0. The monoisotopic (exact) mass is 666 g/mol. The van der Waals surface area contributed by atoms with Crippen LogP contribution in [0, 0.1) is 0 Å². The van der Waals surface area contributed by atoms with Crippen molar-refractivity contribution in [3.05, 3.63) is 180 Å². The molecule has 0 aliphatic carbocycles. The van der Waals surface area contributed by atoms with Crippen LogP contribution in [-0.2, 0) is 18.9 Å². The fourth-order valence-electron chi connectivity index (χ4n) is 4.71. The smallest absolute Gasteiger partial charge is 0.0771 e. The van der Waals surface area contributed by atoms with E-state index < -0.39 is 18.9 Å². The van der Waals surface area contributed by atoms with Gasteiger partial charge in [-0.05, 0) is 0 Å². The van der Waals surface area contributed by atoms with Gasteiger partial charge in [0, 0.05) is 5.02 Å². The summed E-state index contributed by atoms with van der Waals surface area (Å²) in [5.41, 5.74) is 4.75. The summed E-state index contributed by atoms with van der Waals surface area (Å²) in [6.07, 6.45) is 0. The number of rotatable bonds is 3. The topological polar surface area (TPSA) is 0 Å². The Hall–Kier alpha value is -3.06. The quantitative estimate of drug-likeness (QED) is 0.164. The Labute approximate surface area is 261 Å². The van der Waals surface area contributed by atoms with Crippen LogP contribution in [0.3, 0.4) is 0 Å². The van der Waals surface area contributed by atoms with E-state index in [9.17, 15) is 0 Å². The van der Waals surface area contributed by atoms with Gasteiger partial charge in [0.15, 0.2) is 0 Å². The first-order valence-corrected chi connectivity index (χ1v) is 21.2. The average molecular weight is 669 g/mol. The van der Waals surface area contributed by atoms with Crippen LogP contribution in [0.5, 0.6) is 0 Å². The Morgan fingerprint density at radius 2 is 1.00 bits per heavy atom. The third-order valence-electron chi connectivity index (χ3n) is 6.68. The van der Waals surface area contributed by atoms with Gasteiger partial charge in [-0.15, -0.1) is 51.4 Å². The van der Waals surface area contributed by atoms with E-state index in [1.165, 1.54) is 32.7 Å². The first-order valence-electron chi connectivity index (χ1n) is 13.3. The maximum Gasteiger partial charge on any atom is -0.0771 e. The fraction of sp³-hybridized carbons (Fsp3) is 0. The van der Waals surface area contributed by atoms with E-state index in [1.807, 2.05) is 72.8 Å². The van der Waals surface area contributed by atoms with E-state index in [1.54, 1.807) is 0 Å². The van der Waals surface area contributed by atoms with Crippen LogP contribution in [-0.4, -0.2) is 3.21 Å². The predicted molar refractivity (Wildman–Crippen MR) is 177 cm³/mol. The zero-order valence-electron chi connectivity index (χ0n) is 22.2. The zero-order chi connectivity index (χ0) is 28.4. The van der Waals surface area contributed by atoms with Crippen molar-refractivity contribution in [2.75, 3.05) is 0 Å². The second-order valence-electron chi connectivity index (χ2n) is 9.37. The van der Waals surface area contributed by atoms with Gasteiger partial charge >= 0.3 is 111 Å². The minimum Gasteiger partial charge on any atom is -0.126 e. The van der Waals surface area contributed by atoms with E-state index in [4.69, 9.17) is 28.6 Å². The molecule has 7 rings (SSSR count). The zero-order valence-corrected chi connectivity index (χ0v) is 26.9. The summed E-state index contributed by atoms with van der Waals surface area (Å²) in [5.74, 6) is 0. The molecule has 0 unspecified atom stereocenters. The van der Waals surface area contributed by atoms with Crippen LogP contribution in [0.15, 0.2) is 164 Å². The van der Waals surface area contributed by atoms with Gasteiger partial charge in [0.2, 0.25) is 0 Å². The normalized spacial score (nSPS) is 10.3. The molecule has 0 amide bonds. The molecule has 41 heavy (non-hydrogen) atoms. The summed E-state index contributed by atoms with van der Waals surface area (Å²) >= 11 is 3.33. The molecule has 0 heterocycles. The van der Waals surface area contributed by atoms with Crippen LogP contribution in [0.2, 0.25) is 5.02 Å². The SMILES string of the molecule is Clc1ccc(-c2ccc[cH-]2)cc1.[Cl][Zr]([Cl])=[C](c1ccccc1)c1ccccc1.c1ccc2c(c1)[cH-]c1ccccc12. The third-order valence-corrected chi connectivity index (χ3v) is 11.5. The standard InChI is InChI=1S/C13H9.C13H10.C11H8Cl.2ClH.Zr/c1-3-7-12-10(5-1)9-11-6-2-4-8-13(11)12;1-3-7-12(8-4-1)11-13-9-5-2-6-10-13;12-11-7-5-10(6-8-11)9-3-1-2-4-9;;;/h1-9H;1-10H;1-8H;2*1H;/q-1;;-1;;;+2/p-2. The van der Waals surface area contributed by atoms with Crippen molar-refractivity contribution in [2.24, 2.45) is 0 Å². The van der Waals surface area contributed by atoms with Crippen molar-refractivity contribution in [3.63, 3.8) is 0 Å². The first kappa shape index (κ1) is 29.4. The van der Waals surface area contributed by atoms with Crippen molar-refractivity contribution >= 4 is 53.4 Å². The number of benzene rings is 5. The van der Waals surface area contributed by atoms with E-state index in [0.717, 1.165) is 19.4 Å². The summed E-state index contributed by atoms with van der Waals surface area (Å²) in [6, 6.07) is 55.7. The largest absolute Gasteiger partial charge is 0.126 e. The van der Waals surface area contributed by atoms with E-state index >= 15 is 0 Å². The van der Waals surface area contributed by atoms with Crippen molar-refractivity contribution in [1.29, 1.82) is 0 Å². The molecule has 0 saturated heterocycles.